The number of rotatable bonds is 4. The van der Waals surface area contributed by atoms with Gasteiger partial charge in [0.05, 0.1) is 19.1 Å². The van der Waals surface area contributed by atoms with Gasteiger partial charge >= 0.3 is 0 Å². The highest BCUT2D eigenvalue weighted by molar-refractivity contribution is 5.76. The molecule has 0 fully saturated rings. The summed E-state index contributed by atoms with van der Waals surface area (Å²) in [6.45, 7) is 1.53. The summed E-state index contributed by atoms with van der Waals surface area (Å²) < 4.78 is 0. The summed E-state index contributed by atoms with van der Waals surface area (Å²) in [7, 11) is 0. The summed E-state index contributed by atoms with van der Waals surface area (Å²) >= 11 is 0. The average molecular weight is 162 g/mol. The third-order valence-corrected chi connectivity index (χ3v) is 0.989. The number of hydrogen-bond acceptors (Lipinski definition) is 4. The molecule has 0 bridgehead atoms. The molecular weight excluding hydrogens is 148 g/mol. The molecule has 0 radical (unpaired) electrons. The smallest absolute Gasteiger partial charge is 0.222 e. The van der Waals surface area contributed by atoms with Crippen molar-refractivity contribution >= 4 is 5.91 Å². The van der Waals surface area contributed by atoms with E-state index in [9.17, 15) is 4.79 Å². The molecule has 0 heterocycles. The predicted octanol–water partition coefficient (Wildman–Crippen LogP) is -1.85. The zero-order valence-corrected chi connectivity index (χ0v) is 6.45. The summed E-state index contributed by atoms with van der Waals surface area (Å²) in [6.07, 6.45) is -1.66. The summed E-state index contributed by atoms with van der Waals surface area (Å²) in [5.74, 6) is -0.315. The van der Waals surface area contributed by atoms with E-state index in [2.05, 4.69) is 5.32 Å². The van der Waals surface area contributed by atoms with Crippen LogP contribution in [0.4, 0.5) is 0 Å². The molecular formula is C6H14N2O3. The van der Waals surface area contributed by atoms with Crippen LogP contribution < -0.4 is 11.1 Å². The van der Waals surface area contributed by atoms with Gasteiger partial charge in [0.15, 0.2) is 0 Å². The quantitative estimate of drug-likeness (QED) is 0.365. The molecule has 0 aliphatic rings. The lowest BCUT2D eigenvalue weighted by Crippen LogP contribution is -2.37. The van der Waals surface area contributed by atoms with Crippen LogP contribution in [0, 0.1) is 0 Å². The van der Waals surface area contributed by atoms with Gasteiger partial charge in [0, 0.05) is 0 Å². The molecule has 0 aromatic carbocycles. The summed E-state index contributed by atoms with van der Waals surface area (Å²) in [5, 5.41) is 19.6. The largest absolute Gasteiger partial charge is 0.393 e. The van der Waals surface area contributed by atoms with Crippen LogP contribution in [0.2, 0.25) is 0 Å². The molecule has 0 saturated heterocycles. The van der Waals surface area contributed by atoms with Gasteiger partial charge in [0.1, 0.15) is 6.23 Å². The van der Waals surface area contributed by atoms with E-state index >= 15 is 0 Å². The molecule has 5 heteroatoms. The number of nitrogens with one attached hydrogen (secondary N) is 1. The van der Waals surface area contributed by atoms with Gasteiger partial charge in [0.2, 0.25) is 5.91 Å². The highest BCUT2D eigenvalue weighted by Gasteiger charge is 2.05. The van der Waals surface area contributed by atoms with Crippen LogP contribution in [0.5, 0.6) is 0 Å². The van der Waals surface area contributed by atoms with Crippen LogP contribution in [0.25, 0.3) is 0 Å². The van der Waals surface area contributed by atoms with Crippen molar-refractivity contribution in [3.05, 3.63) is 0 Å². The zero-order chi connectivity index (χ0) is 8.85. The van der Waals surface area contributed by atoms with Crippen LogP contribution >= 0.6 is 0 Å². The SMILES string of the molecule is C[C@@H](O)CC(=O)NCC(N)O. The summed E-state index contributed by atoms with van der Waals surface area (Å²) in [4.78, 5) is 10.7. The Morgan fingerprint density at radius 3 is 2.55 bits per heavy atom. The van der Waals surface area contributed by atoms with Gasteiger partial charge in [0.25, 0.3) is 0 Å². The number of hydrogen-bond donors (Lipinski definition) is 4. The monoisotopic (exact) mass is 162 g/mol. The molecule has 0 spiro atoms. The van der Waals surface area contributed by atoms with E-state index in [0.29, 0.717) is 0 Å². The van der Waals surface area contributed by atoms with E-state index in [1.807, 2.05) is 0 Å². The maximum absolute atomic E-state index is 10.7. The Balaban J connectivity index is 3.38. The lowest BCUT2D eigenvalue weighted by Gasteiger charge is -2.07. The van der Waals surface area contributed by atoms with Crippen LogP contribution in [-0.4, -0.2) is 35.0 Å². The van der Waals surface area contributed by atoms with Gasteiger partial charge in [-0.1, -0.05) is 0 Å². The van der Waals surface area contributed by atoms with Gasteiger partial charge in [-0.05, 0) is 6.92 Å². The third kappa shape index (κ3) is 7.24. The van der Waals surface area contributed by atoms with Crippen molar-refractivity contribution in [3.63, 3.8) is 0 Å². The number of amides is 1. The molecule has 0 aliphatic heterocycles. The van der Waals surface area contributed by atoms with Gasteiger partial charge in [-0.25, -0.2) is 0 Å². The van der Waals surface area contributed by atoms with E-state index in [1.54, 1.807) is 0 Å². The van der Waals surface area contributed by atoms with Crippen LogP contribution in [0.15, 0.2) is 0 Å². The zero-order valence-electron chi connectivity index (χ0n) is 6.45. The minimum atomic E-state index is -1.03. The Morgan fingerprint density at radius 1 is 1.64 bits per heavy atom. The first-order valence-corrected chi connectivity index (χ1v) is 3.40. The number of aliphatic hydroxyl groups is 2. The van der Waals surface area contributed by atoms with Gasteiger partial charge in [-0.2, -0.15) is 0 Å². The molecule has 66 valence electrons. The van der Waals surface area contributed by atoms with E-state index < -0.39 is 12.3 Å². The van der Waals surface area contributed by atoms with E-state index in [0.717, 1.165) is 0 Å². The fourth-order valence-electron chi connectivity index (χ4n) is 0.559. The van der Waals surface area contributed by atoms with Crippen molar-refractivity contribution in [2.45, 2.75) is 25.7 Å². The minimum Gasteiger partial charge on any atom is -0.393 e. The molecule has 5 N–H and O–H groups in total. The Hall–Kier alpha value is -0.650. The maximum atomic E-state index is 10.7. The topological polar surface area (TPSA) is 95.6 Å². The van der Waals surface area contributed by atoms with E-state index in [-0.39, 0.29) is 18.9 Å². The first kappa shape index (κ1) is 10.3. The molecule has 0 rings (SSSR count). The Labute approximate surface area is 65.2 Å². The Bertz CT molecular complexity index is 125. The van der Waals surface area contributed by atoms with Crippen LogP contribution in [0.1, 0.15) is 13.3 Å². The molecule has 1 amide bonds. The van der Waals surface area contributed by atoms with Crippen LogP contribution in [-0.2, 0) is 4.79 Å². The lowest BCUT2D eigenvalue weighted by molar-refractivity contribution is -0.123. The minimum absolute atomic E-state index is 0.0194. The maximum Gasteiger partial charge on any atom is 0.222 e. The molecule has 2 atom stereocenters. The lowest BCUT2D eigenvalue weighted by atomic mass is 10.3. The third-order valence-electron chi connectivity index (χ3n) is 0.989. The molecule has 1 unspecified atom stereocenters. The summed E-state index contributed by atoms with van der Waals surface area (Å²) in [5.41, 5.74) is 4.95. The first-order chi connectivity index (χ1) is 5.02. The second-order valence-corrected chi connectivity index (χ2v) is 2.42. The normalized spacial score (nSPS) is 15.6. The van der Waals surface area contributed by atoms with E-state index in [4.69, 9.17) is 15.9 Å². The van der Waals surface area contributed by atoms with Crippen molar-refractivity contribution in [2.75, 3.05) is 6.54 Å². The van der Waals surface area contributed by atoms with Crippen molar-refractivity contribution in [1.82, 2.24) is 5.32 Å². The van der Waals surface area contributed by atoms with Crippen LogP contribution in [0.3, 0.4) is 0 Å². The molecule has 0 aromatic rings. The molecule has 0 aliphatic carbocycles. The highest BCUT2D eigenvalue weighted by atomic mass is 16.3. The predicted molar refractivity (Wildman–Crippen MR) is 39.5 cm³/mol. The van der Waals surface area contributed by atoms with Gasteiger partial charge in [-0.3, -0.25) is 4.79 Å². The van der Waals surface area contributed by atoms with Gasteiger partial charge < -0.3 is 21.3 Å². The van der Waals surface area contributed by atoms with Crippen molar-refractivity contribution in [1.29, 1.82) is 0 Å². The Kier molecular flexibility index (Phi) is 4.76. The molecule has 0 saturated carbocycles. The number of carbonyl (C=O) groups is 1. The number of nitrogens with two attached hydrogens (primary N) is 1. The second kappa shape index (κ2) is 5.06. The first-order valence-electron chi connectivity index (χ1n) is 3.40. The van der Waals surface area contributed by atoms with Crippen molar-refractivity contribution in [2.24, 2.45) is 5.73 Å². The number of aliphatic hydroxyl groups excluding tert-OH is 2. The van der Waals surface area contributed by atoms with Gasteiger partial charge in [-0.15, -0.1) is 0 Å². The van der Waals surface area contributed by atoms with Crippen molar-refractivity contribution in [3.8, 4) is 0 Å². The fraction of sp³-hybridized carbons (Fsp3) is 0.833. The number of carbonyl (C=O) groups excluding carboxylic acids is 1. The molecule has 0 aromatic heterocycles. The second-order valence-electron chi connectivity index (χ2n) is 2.42. The summed E-state index contributed by atoms with van der Waals surface area (Å²) in [6, 6.07) is 0. The van der Waals surface area contributed by atoms with E-state index in [1.165, 1.54) is 6.92 Å². The standard InChI is InChI=1S/C6H14N2O3/c1-4(9)2-6(11)8-3-5(7)10/h4-5,9-10H,2-3,7H2,1H3,(H,8,11)/t4-,5?/m1/s1. The highest BCUT2D eigenvalue weighted by Crippen LogP contribution is 1.87. The van der Waals surface area contributed by atoms with Crippen molar-refractivity contribution < 1.29 is 15.0 Å². The molecule has 11 heavy (non-hydrogen) atoms. The average Bonchev–Trinajstić information content (AvgIpc) is 1.82. The fourth-order valence-corrected chi connectivity index (χ4v) is 0.559. The Morgan fingerprint density at radius 2 is 2.18 bits per heavy atom. The molecule has 5 nitrogen and oxygen atoms in total.